The molecule has 3 aromatic heterocycles. The van der Waals surface area contributed by atoms with Crippen molar-refractivity contribution in [1.29, 1.82) is 0 Å². The number of ether oxygens (including phenoxy) is 1. The number of pyridine rings is 1. The number of amides is 1. The van der Waals surface area contributed by atoms with Crippen LogP contribution in [-0.2, 0) is 13.2 Å². The zero-order chi connectivity index (χ0) is 26.7. The fourth-order valence-corrected chi connectivity index (χ4v) is 3.50. The number of carbonyl (C=O) groups excluding carboxylic acids is 1. The van der Waals surface area contributed by atoms with Gasteiger partial charge in [0.15, 0.2) is 23.2 Å². The number of rotatable bonds is 7. The summed E-state index contributed by atoms with van der Waals surface area (Å²) in [6.07, 6.45) is -1.28. The van der Waals surface area contributed by atoms with Gasteiger partial charge in [0.2, 0.25) is 0 Å². The number of methoxy groups -OCH3 is 1. The molecule has 3 heterocycles. The minimum absolute atomic E-state index is 0.0889. The van der Waals surface area contributed by atoms with Gasteiger partial charge in [-0.2, -0.15) is 18.3 Å². The van der Waals surface area contributed by atoms with Crippen LogP contribution < -0.4 is 20.7 Å². The summed E-state index contributed by atoms with van der Waals surface area (Å²) in [7, 11) is 4.04. The number of aromatic nitrogens is 5. The van der Waals surface area contributed by atoms with Crippen LogP contribution in [0, 0.1) is 5.82 Å². The van der Waals surface area contributed by atoms with Gasteiger partial charge in [0.25, 0.3) is 5.91 Å². The van der Waals surface area contributed by atoms with E-state index < -0.39 is 23.6 Å². The molecule has 4 aromatic rings. The van der Waals surface area contributed by atoms with E-state index in [4.69, 9.17) is 4.74 Å². The van der Waals surface area contributed by atoms with E-state index in [9.17, 15) is 22.4 Å². The molecular weight excluding hydrogens is 496 g/mol. The lowest BCUT2D eigenvalue weighted by Crippen LogP contribution is -2.19. The van der Waals surface area contributed by atoms with Gasteiger partial charge in [-0.3, -0.25) is 9.48 Å². The number of carbonyl (C=O) groups is 1. The topological polar surface area (TPSA) is 119 Å². The van der Waals surface area contributed by atoms with Gasteiger partial charge in [0.05, 0.1) is 42.0 Å². The number of alkyl halides is 3. The first kappa shape index (κ1) is 25.3. The molecule has 0 radical (unpaired) electrons. The number of anilines is 4. The van der Waals surface area contributed by atoms with Crippen molar-refractivity contribution in [2.24, 2.45) is 7.05 Å². The van der Waals surface area contributed by atoms with E-state index in [-0.39, 0.29) is 28.7 Å². The average molecular weight is 516 g/mol. The molecule has 1 aromatic carbocycles. The highest BCUT2D eigenvalue weighted by molar-refractivity contribution is 6.00. The Balaban J connectivity index is 1.72. The summed E-state index contributed by atoms with van der Waals surface area (Å²) < 4.78 is 59.0. The van der Waals surface area contributed by atoms with Crippen molar-refractivity contribution in [3.05, 3.63) is 66.0 Å². The Morgan fingerprint density at radius 3 is 2.35 bits per heavy atom. The van der Waals surface area contributed by atoms with E-state index in [1.807, 2.05) is 0 Å². The van der Waals surface area contributed by atoms with Crippen molar-refractivity contribution in [2.75, 3.05) is 24.8 Å². The molecule has 4 rings (SSSR count). The zero-order valence-corrected chi connectivity index (χ0v) is 19.7. The fourth-order valence-electron chi connectivity index (χ4n) is 3.50. The van der Waals surface area contributed by atoms with E-state index in [1.165, 1.54) is 33.5 Å². The summed E-state index contributed by atoms with van der Waals surface area (Å²) in [4.78, 5) is 24.6. The maximum atomic E-state index is 13.3. The van der Waals surface area contributed by atoms with Crippen molar-refractivity contribution in [2.45, 2.75) is 6.18 Å². The third-order valence-electron chi connectivity index (χ3n) is 5.15. The lowest BCUT2D eigenvalue weighted by Gasteiger charge is -2.17. The van der Waals surface area contributed by atoms with Crippen LogP contribution in [0.5, 0.6) is 5.75 Å². The molecule has 0 aliphatic rings. The molecule has 0 aliphatic carbocycles. The maximum absolute atomic E-state index is 13.3. The predicted molar refractivity (Wildman–Crippen MR) is 126 cm³/mol. The molecule has 0 saturated carbocycles. The molecule has 0 unspecified atom stereocenters. The second-order valence-corrected chi connectivity index (χ2v) is 7.59. The van der Waals surface area contributed by atoms with Crippen molar-refractivity contribution in [1.82, 2.24) is 30.0 Å². The van der Waals surface area contributed by atoms with Crippen LogP contribution in [0.15, 0.2) is 48.9 Å². The number of nitrogens with one attached hydrogen (secondary N) is 3. The first-order chi connectivity index (χ1) is 17.6. The Morgan fingerprint density at radius 1 is 1.00 bits per heavy atom. The highest BCUT2D eigenvalue weighted by atomic mass is 19.4. The van der Waals surface area contributed by atoms with E-state index in [2.05, 4.69) is 36.0 Å². The van der Waals surface area contributed by atoms with Crippen molar-refractivity contribution < 1.29 is 27.1 Å². The molecule has 14 heteroatoms. The molecular formula is C23H20F4N8O2. The quantitative estimate of drug-likeness (QED) is 0.312. The fraction of sp³-hybridized carbons (Fsp3) is 0.174. The Labute approximate surface area is 207 Å². The molecule has 10 nitrogen and oxygen atoms in total. The van der Waals surface area contributed by atoms with Crippen LogP contribution in [0.4, 0.5) is 40.6 Å². The molecule has 3 N–H and O–H groups in total. The van der Waals surface area contributed by atoms with Crippen LogP contribution in [0.3, 0.4) is 0 Å². The van der Waals surface area contributed by atoms with E-state index >= 15 is 0 Å². The zero-order valence-electron chi connectivity index (χ0n) is 19.7. The highest BCUT2D eigenvalue weighted by Gasteiger charge is 2.35. The van der Waals surface area contributed by atoms with Crippen LogP contribution in [-0.4, -0.2) is 44.8 Å². The molecule has 192 valence electrons. The largest absolute Gasteiger partial charge is 0.494 e. The van der Waals surface area contributed by atoms with Gasteiger partial charge in [-0.05, 0) is 12.1 Å². The van der Waals surface area contributed by atoms with Crippen molar-refractivity contribution in [3.63, 3.8) is 0 Å². The van der Waals surface area contributed by atoms with Crippen molar-refractivity contribution in [3.8, 4) is 17.1 Å². The summed E-state index contributed by atoms with van der Waals surface area (Å²) in [5.74, 6) is -0.507. The average Bonchev–Trinajstić information content (AvgIpc) is 3.24. The first-order valence-corrected chi connectivity index (χ1v) is 10.6. The Kier molecular flexibility index (Phi) is 6.91. The first-order valence-electron chi connectivity index (χ1n) is 10.6. The molecule has 0 fully saturated rings. The molecule has 1 amide bonds. The Hall–Kier alpha value is -4.75. The number of aryl methyl sites for hydroxylation is 1. The second kappa shape index (κ2) is 10.1. The summed E-state index contributed by atoms with van der Waals surface area (Å²) in [6.45, 7) is 0. The Bertz CT molecular complexity index is 1440. The van der Waals surface area contributed by atoms with Gasteiger partial charge in [-0.15, -0.1) is 0 Å². The van der Waals surface area contributed by atoms with E-state index in [0.29, 0.717) is 21.7 Å². The van der Waals surface area contributed by atoms with Crippen molar-refractivity contribution >= 4 is 28.9 Å². The number of halogens is 4. The molecule has 0 spiro atoms. The van der Waals surface area contributed by atoms with Gasteiger partial charge in [0.1, 0.15) is 11.5 Å². The molecule has 0 aliphatic heterocycles. The minimum atomic E-state index is -4.58. The van der Waals surface area contributed by atoms with Gasteiger partial charge >= 0.3 is 6.18 Å². The minimum Gasteiger partial charge on any atom is -0.494 e. The molecule has 0 atom stereocenters. The standard InChI is InChI=1S/C23H20F4N8O2/c1-28-22(36)14-11-29-18(33-19-8-17(23(25,26)27)35(2)34-19)7-16(14)32-15-6-4-5-13(20(15)37-3)21-30-9-12(24)10-31-21/h4-11H,1-3H3,(H,28,36)(H2,29,32,33,34). The van der Waals surface area contributed by atoms with Crippen LogP contribution in [0.1, 0.15) is 16.1 Å². The Morgan fingerprint density at radius 2 is 1.73 bits per heavy atom. The van der Waals surface area contributed by atoms with E-state index in [0.717, 1.165) is 18.5 Å². The molecule has 37 heavy (non-hydrogen) atoms. The lowest BCUT2D eigenvalue weighted by molar-refractivity contribution is -0.143. The number of para-hydroxylation sites is 1. The monoisotopic (exact) mass is 516 g/mol. The third kappa shape index (κ3) is 5.42. The SMILES string of the molecule is CNC(=O)c1cnc(Nc2cc(C(F)(F)F)n(C)n2)cc1Nc1cccc(-c2ncc(F)cn2)c1OC. The van der Waals surface area contributed by atoms with E-state index in [1.54, 1.807) is 18.2 Å². The van der Waals surface area contributed by atoms with Crippen LogP contribution in [0.2, 0.25) is 0 Å². The maximum Gasteiger partial charge on any atom is 0.433 e. The third-order valence-corrected chi connectivity index (χ3v) is 5.15. The van der Waals surface area contributed by atoms with Gasteiger partial charge < -0.3 is 20.7 Å². The predicted octanol–water partition coefficient (Wildman–Crippen LogP) is 4.29. The number of hydrogen-bond donors (Lipinski definition) is 3. The number of hydrogen-bond acceptors (Lipinski definition) is 8. The van der Waals surface area contributed by atoms with Crippen LogP contribution in [0.25, 0.3) is 11.4 Å². The summed E-state index contributed by atoms with van der Waals surface area (Å²) >= 11 is 0. The summed E-state index contributed by atoms with van der Waals surface area (Å²) in [5, 5.41) is 12.1. The molecule has 0 saturated heterocycles. The normalized spacial score (nSPS) is 11.2. The highest BCUT2D eigenvalue weighted by Crippen LogP contribution is 2.37. The summed E-state index contributed by atoms with van der Waals surface area (Å²) in [5.41, 5.74) is 0.330. The van der Waals surface area contributed by atoms with Gasteiger partial charge in [-0.25, -0.2) is 19.3 Å². The van der Waals surface area contributed by atoms with Crippen LogP contribution >= 0.6 is 0 Å². The number of nitrogens with zero attached hydrogens (tertiary/aromatic N) is 5. The molecule has 0 bridgehead atoms. The van der Waals surface area contributed by atoms with Gasteiger partial charge in [-0.1, -0.05) is 6.07 Å². The lowest BCUT2D eigenvalue weighted by atomic mass is 10.1. The summed E-state index contributed by atoms with van der Waals surface area (Å²) in [6, 6.07) is 7.31. The number of benzene rings is 1. The second-order valence-electron chi connectivity index (χ2n) is 7.59. The smallest absolute Gasteiger partial charge is 0.433 e. The van der Waals surface area contributed by atoms with Gasteiger partial charge in [0, 0.05) is 32.4 Å².